The normalized spacial score (nSPS) is 11.2. The van der Waals surface area contributed by atoms with E-state index >= 15 is 0 Å². The lowest BCUT2D eigenvalue weighted by Gasteiger charge is -2.14. The second-order valence-electron chi connectivity index (χ2n) is 7.65. The average molecular weight is 663 g/mol. The first-order valence-corrected chi connectivity index (χ1v) is 12.7. The highest BCUT2D eigenvalue weighted by molar-refractivity contribution is 14.1. The molecule has 0 fully saturated rings. The third-order valence-corrected chi connectivity index (χ3v) is 6.56. The maximum absolute atomic E-state index is 13.1. The highest BCUT2D eigenvalue weighted by Gasteiger charge is 2.14. The SMILES string of the molecule is CCc1nc2ccc(Br)cc2c(=O)n1N=Cc1cc(I)c(OCc2cccc([N+](=O)[O-])c2)c(OC)c1. The number of aryl methyl sites for hydroxylation is 1. The van der Waals surface area contributed by atoms with Gasteiger partial charge < -0.3 is 9.47 Å². The number of methoxy groups -OCH3 is 1. The summed E-state index contributed by atoms with van der Waals surface area (Å²) in [5, 5.41) is 15.9. The highest BCUT2D eigenvalue weighted by atomic mass is 127. The molecule has 36 heavy (non-hydrogen) atoms. The lowest BCUT2D eigenvalue weighted by Crippen LogP contribution is -2.22. The van der Waals surface area contributed by atoms with Crippen LogP contribution in [0, 0.1) is 13.7 Å². The van der Waals surface area contributed by atoms with E-state index < -0.39 is 4.92 Å². The third kappa shape index (κ3) is 5.57. The summed E-state index contributed by atoms with van der Waals surface area (Å²) < 4.78 is 14.3. The van der Waals surface area contributed by atoms with Gasteiger partial charge in [0.15, 0.2) is 11.5 Å². The van der Waals surface area contributed by atoms with E-state index in [0.717, 1.165) is 8.04 Å². The molecule has 0 aliphatic rings. The predicted octanol–water partition coefficient (Wildman–Crippen LogP) is 5.70. The van der Waals surface area contributed by atoms with E-state index in [1.54, 1.807) is 36.5 Å². The summed E-state index contributed by atoms with van der Waals surface area (Å²) in [5.74, 6) is 1.52. The summed E-state index contributed by atoms with van der Waals surface area (Å²) in [6.07, 6.45) is 2.10. The van der Waals surface area contributed by atoms with Crippen LogP contribution in [0.15, 0.2) is 69.0 Å². The highest BCUT2D eigenvalue weighted by Crippen LogP contribution is 2.34. The number of non-ortho nitro benzene ring substituents is 1. The van der Waals surface area contributed by atoms with Crippen LogP contribution in [-0.2, 0) is 13.0 Å². The van der Waals surface area contributed by atoms with Crippen LogP contribution in [0.2, 0.25) is 0 Å². The van der Waals surface area contributed by atoms with Crippen molar-refractivity contribution in [2.24, 2.45) is 5.10 Å². The minimum absolute atomic E-state index is 0.00144. The van der Waals surface area contributed by atoms with Gasteiger partial charge in [-0.05, 0) is 64.0 Å². The van der Waals surface area contributed by atoms with Crippen LogP contribution in [0.3, 0.4) is 0 Å². The van der Waals surface area contributed by atoms with Gasteiger partial charge >= 0.3 is 0 Å². The molecule has 0 aliphatic carbocycles. The molecule has 0 spiro atoms. The van der Waals surface area contributed by atoms with Gasteiger partial charge in [-0.15, -0.1) is 0 Å². The fourth-order valence-electron chi connectivity index (χ4n) is 3.54. The van der Waals surface area contributed by atoms with Crippen LogP contribution < -0.4 is 15.0 Å². The van der Waals surface area contributed by atoms with Crippen molar-refractivity contribution in [3.63, 3.8) is 0 Å². The average Bonchev–Trinajstić information content (AvgIpc) is 2.87. The maximum atomic E-state index is 13.1. The van der Waals surface area contributed by atoms with E-state index in [-0.39, 0.29) is 17.9 Å². The van der Waals surface area contributed by atoms with E-state index in [0.29, 0.717) is 45.8 Å². The first-order valence-electron chi connectivity index (χ1n) is 10.8. The molecular weight excluding hydrogens is 643 g/mol. The van der Waals surface area contributed by atoms with Gasteiger partial charge in [0.1, 0.15) is 12.4 Å². The number of hydrogen-bond acceptors (Lipinski definition) is 7. The number of nitro groups is 1. The molecule has 0 amide bonds. The quantitative estimate of drug-likeness (QED) is 0.104. The zero-order chi connectivity index (χ0) is 25.8. The number of halogens is 2. The third-order valence-electron chi connectivity index (χ3n) is 5.27. The Labute approximate surface area is 228 Å². The van der Waals surface area contributed by atoms with Crippen molar-refractivity contribution in [2.45, 2.75) is 20.0 Å². The molecule has 1 aromatic heterocycles. The van der Waals surface area contributed by atoms with Gasteiger partial charge in [0.25, 0.3) is 11.2 Å². The Balaban J connectivity index is 1.64. The van der Waals surface area contributed by atoms with E-state index in [4.69, 9.17) is 9.47 Å². The van der Waals surface area contributed by atoms with Gasteiger partial charge in [-0.3, -0.25) is 14.9 Å². The molecule has 0 radical (unpaired) electrons. The lowest BCUT2D eigenvalue weighted by atomic mass is 10.2. The van der Waals surface area contributed by atoms with E-state index in [9.17, 15) is 14.9 Å². The molecule has 0 aliphatic heterocycles. The van der Waals surface area contributed by atoms with Gasteiger partial charge in [0.2, 0.25) is 0 Å². The molecule has 3 aromatic carbocycles. The first-order chi connectivity index (χ1) is 17.3. The Hall–Kier alpha value is -3.32. The van der Waals surface area contributed by atoms with Gasteiger partial charge in [0, 0.05) is 23.0 Å². The largest absolute Gasteiger partial charge is 0.493 e. The molecule has 0 N–H and O–H groups in total. The van der Waals surface area contributed by atoms with E-state index in [1.807, 2.05) is 19.1 Å². The number of benzene rings is 3. The van der Waals surface area contributed by atoms with Crippen LogP contribution in [0.4, 0.5) is 5.69 Å². The molecule has 184 valence electrons. The smallest absolute Gasteiger partial charge is 0.282 e. The lowest BCUT2D eigenvalue weighted by molar-refractivity contribution is -0.384. The summed E-state index contributed by atoms with van der Waals surface area (Å²) in [7, 11) is 1.53. The van der Waals surface area contributed by atoms with Gasteiger partial charge in [-0.25, -0.2) is 4.98 Å². The first kappa shape index (κ1) is 25.8. The molecule has 0 saturated carbocycles. The molecular formula is C25H20BrIN4O5. The zero-order valence-electron chi connectivity index (χ0n) is 19.3. The van der Waals surface area contributed by atoms with Crippen molar-refractivity contribution in [3.05, 3.63) is 100 Å². The molecule has 9 nitrogen and oxygen atoms in total. The minimum Gasteiger partial charge on any atom is -0.493 e. The van der Waals surface area contributed by atoms with Crippen molar-refractivity contribution in [2.75, 3.05) is 7.11 Å². The van der Waals surface area contributed by atoms with Gasteiger partial charge in [-0.1, -0.05) is 35.0 Å². The number of ether oxygens (including phenoxy) is 2. The molecule has 0 saturated heterocycles. The molecule has 11 heteroatoms. The zero-order valence-corrected chi connectivity index (χ0v) is 23.0. The van der Waals surface area contributed by atoms with Crippen LogP contribution in [0.5, 0.6) is 11.5 Å². The predicted molar refractivity (Wildman–Crippen MR) is 149 cm³/mol. The Morgan fingerprint density at radius 3 is 2.75 bits per heavy atom. The molecule has 4 rings (SSSR count). The Morgan fingerprint density at radius 2 is 2.03 bits per heavy atom. The molecule has 0 bridgehead atoms. The second kappa shape index (κ2) is 11.2. The summed E-state index contributed by atoms with van der Waals surface area (Å²) >= 11 is 5.52. The topological polar surface area (TPSA) is 109 Å². The Kier molecular flexibility index (Phi) is 7.99. The number of fused-ring (bicyclic) bond motifs is 1. The molecule has 0 atom stereocenters. The van der Waals surface area contributed by atoms with Crippen LogP contribution in [0.1, 0.15) is 23.9 Å². The van der Waals surface area contributed by atoms with Crippen molar-refractivity contribution in [1.29, 1.82) is 0 Å². The number of nitrogens with zero attached hydrogens (tertiary/aromatic N) is 4. The maximum Gasteiger partial charge on any atom is 0.282 e. The molecule has 0 unspecified atom stereocenters. The monoisotopic (exact) mass is 662 g/mol. The van der Waals surface area contributed by atoms with E-state index in [1.165, 1.54) is 23.9 Å². The van der Waals surface area contributed by atoms with Crippen molar-refractivity contribution in [3.8, 4) is 11.5 Å². The van der Waals surface area contributed by atoms with Gasteiger partial charge in [-0.2, -0.15) is 9.78 Å². The number of nitro benzene ring substituents is 1. The number of hydrogen-bond donors (Lipinski definition) is 0. The van der Waals surface area contributed by atoms with Crippen molar-refractivity contribution < 1.29 is 14.4 Å². The molecule has 4 aromatic rings. The minimum atomic E-state index is -0.443. The van der Waals surface area contributed by atoms with Crippen LogP contribution in [-0.4, -0.2) is 27.9 Å². The summed E-state index contributed by atoms with van der Waals surface area (Å²) in [5.41, 5.74) is 1.72. The summed E-state index contributed by atoms with van der Waals surface area (Å²) in [6.45, 7) is 2.05. The fourth-order valence-corrected chi connectivity index (χ4v) is 4.68. The standard InChI is InChI=1S/C25H20BrIN4O5/c1-3-23-29-21-8-7-17(26)12-19(21)25(32)30(23)28-13-16-10-20(27)24(22(11-16)35-2)36-14-15-5-4-6-18(9-15)31(33)34/h4-13H,3,14H2,1-2H3. The Bertz CT molecular complexity index is 1550. The fraction of sp³-hybridized carbons (Fsp3) is 0.160. The summed E-state index contributed by atoms with van der Waals surface area (Å²) in [6, 6.07) is 15.2. The van der Waals surface area contributed by atoms with Crippen LogP contribution in [0.25, 0.3) is 10.9 Å². The van der Waals surface area contributed by atoms with E-state index in [2.05, 4.69) is 48.6 Å². The number of aromatic nitrogens is 2. The molecule has 1 heterocycles. The Morgan fingerprint density at radius 1 is 1.22 bits per heavy atom. The van der Waals surface area contributed by atoms with Gasteiger partial charge in [0.05, 0.1) is 32.7 Å². The summed E-state index contributed by atoms with van der Waals surface area (Å²) in [4.78, 5) is 28.3. The second-order valence-corrected chi connectivity index (χ2v) is 9.73. The van der Waals surface area contributed by atoms with Crippen molar-refractivity contribution >= 4 is 61.3 Å². The van der Waals surface area contributed by atoms with Crippen LogP contribution >= 0.6 is 38.5 Å². The van der Waals surface area contributed by atoms with Crippen molar-refractivity contribution in [1.82, 2.24) is 9.66 Å². The number of rotatable bonds is 8.